The molecule has 0 saturated heterocycles. The van der Waals surface area contributed by atoms with Gasteiger partial charge in [-0.05, 0) is 18.6 Å². The number of aromatic hydroxyl groups is 1. The minimum Gasteiger partial charge on any atom is -0.504 e. The molecule has 1 rings (SSSR count). The fourth-order valence-electron chi connectivity index (χ4n) is 1.65. The van der Waals surface area contributed by atoms with Crippen LogP contribution in [0.4, 0.5) is 0 Å². The minimum absolute atomic E-state index is 0.0939. The molecule has 6 heteroatoms. The SMILES string of the molecule is COc1cc(Br)c(C)c(C(CN)C(=O)O)c1O. The highest BCUT2D eigenvalue weighted by Gasteiger charge is 2.26. The van der Waals surface area contributed by atoms with Gasteiger partial charge in [0.1, 0.15) is 0 Å². The van der Waals surface area contributed by atoms with E-state index in [4.69, 9.17) is 15.6 Å². The third kappa shape index (κ3) is 2.53. The quantitative estimate of drug-likeness (QED) is 0.785. The summed E-state index contributed by atoms with van der Waals surface area (Å²) in [6.45, 7) is 1.62. The first-order valence-corrected chi connectivity index (χ1v) is 5.72. The molecule has 0 spiro atoms. The van der Waals surface area contributed by atoms with Gasteiger partial charge in [-0.1, -0.05) is 15.9 Å². The zero-order valence-corrected chi connectivity index (χ0v) is 11.1. The van der Waals surface area contributed by atoms with Crippen molar-refractivity contribution in [1.29, 1.82) is 0 Å². The number of aliphatic carboxylic acids is 1. The third-order valence-corrected chi connectivity index (χ3v) is 3.43. The fraction of sp³-hybridized carbons (Fsp3) is 0.364. The standard InChI is InChI=1S/C11H14BrNO4/c1-5-7(12)3-8(17-2)10(14)9(5)6(4-13)11(15)16/h3,6,14H,4,13H2,1-2H3,(H,15,16). The first kappa shape index (κ1) is 13.8. The maximum atomic E-state index is 11.1. The van der Waals surface area contributed by atoms with Crippen LogP contribution in [0.25, 0.3) is 0 Å². The number of carbonyl (C=O) groups is 1. The lowest BCUT2D eigenvalue weighted by Gasteiger charge is -2.18. The van der Waals surface area contributed by atoms with Gasteiger partial charge in [0.05, 0.1) is 13.0 Å². The van der Waals surface area contributed by atoms with Crippen LogP contribution in [-0.4, -0.2) is 29.8 Å². The van der Waals surface area contributed by atoms with E-state index >= 15 is 0 Å². The number of hydrogen-bond acceptors (Lipinski definition) is 4. The van der Waals surface area contributed by atoms with E-state index in [1.807, 2.05) is 0 Å². The number of carboxylic acids is 1. The van der Waals surface area contributed by atoms with E-state index in [2.05, 4.69) is 15.9 Å². The third-order valence-electron chi connectivity index (χ3n) is 2.61. The fourth-order valence-corrected chi connectivity index (χ4v) is 2.08. The summed E-state index contributed by atoms with van der Waals surface area (Å²) in [4.78, 5) is 11.1. The molecule has 4 N–H and O–H groups in total. The molecule has 0 aliphatic rings. The number of benzene rings is 1. The van der Waals surface area contributed by atoms with Gasteiger partial charge in [0.2, 0.25) is 0 Å². The smallest absolute Gasteiger partial charge is 0.312 e. The van der Waals surface area contributed by atoms with Crippen molar-refractivity contribution in [2.75, 3.05) is 13.7 Å². The molecule has 17 heavy (non-hydrogen) atoms. The van der Waals surface area contributed by atoms with Crippen molar-refractivity contribution in [1.82, 2.24) is 0 Å². The van der Waals surface area contributed by atoms with Crippen molar-refractivity contribution in [3.05, 3.63) is 21.7 Å². The van der Waals surface area contributed by atoms with Crippen molar-refractivity contribution in [2.45, 2.75) is 12.8 Å². The van der Waals surface area contributed by atoms with E-state index in [1.54, 1.807) is 13.0 Å². The van der Waals surface area contributed by atoms with Gasteiger partial charge in [0.25, 0.3) is 0 Å². The second-order valence-electron chi connectivity index (χ2n) is 3.57. The van der Waals surface area contributed by atoms with Gasteiger partial charge < -0.3 is 20.7 Å². The Morgan fingerprint density at radius 1 is 1.65 bits per heavy atom. The number of hydrogen-bond donors (Lipinski definition) is 3. The molecule has 0 amide bonds. The molecular formula is C11H14BrNO4. The predicted octanol–water partition coefficient (Wildman–Crippen LogP) is 1.60. The van der Waals surface area contributed by atoms with E-state index in [-0.39, 0.29) is 23.6 Å². The molecule has 0 heterocycles. The first-order chi connectivity index (χ1) is 7.93. The highest BCUT2D eigenvalue weighted by Crippen LogP contribution is 2.40. The summed E-state index contributed by atoms with van der Waals surface area (Å²) >= 11 is 3.29. The van der Waals surface area contributed by atoms with Gasteiger partial charge in [-0.25, -0.2) is 0 Å². The number of phenols is 1. The molecular weight excluding hydrogens is 290 g/mol. The molecule has 94 valence electrons. The second kappa shape index (κ2) is 5.37. The van der Waals surface area contributed by atoms with Crippen LogP contribution in [0.3, 0.4) is 0 Å². The highest BCUT2D eigenvalue weighted by atomic mass is 79.9. The minimum atomic E-state index is -1.08. The Balaban J connectivity index is 3.49. The molecule has 1 atom stereocenters. The largest absolute Gasteiger partial charge is 0.504 e. The summed E-state index contributed by atoms with van der Waals surface area (Å²) in [5, 5.41) is 19.1. The average molecular weight is 304 g/mol. The number of nitrogens with two attached hydrogens (primary N) is 1. The lowest BCUT2D eigenvalue weighted by molar-refractivity contribution is -0.138. The van der Waals surface area contributed by atoms with Gasteiger partial charge in [-0.3, -0.25) is 4.79 Å². The van der Waals surface area contributed by atoms with Crippen molar-refractivity contribution >= 4 is 21.9 Å². The Bertz CT molecular complexity index is 448. The van der Waals surface area contributed by atoms with Crippen LogP contribution < -0.4 is 10.5 Å². The summed E-state index contributed by atoms with van der Waals surface area (Å²) in [5.41, 5.74) is 6.36. The van der Waals surface area contributed by atoms with E-state index in [0.29, 0.717) is 10.0 Å². The van der Waals surface area contributed by atoms with E-state index in [1.165, 1.54) is 7.11 Å². The molecule has 1 aromatic carbocycles. The zero-order chi connectivity index (χ0) is 13.2. The van der Waals surface area contributed by atoms with Gasteiger partial charge in [-0.15, -0.1) is 0 Å². The van der Waals surface area contributed by atoms with Crippen molar-refractivity contribution < 1.29 is 19.7 Å². The summed E-state index contributed by atoms with van der Waals surface area (Å²) in [7, 11) is 1.40. The zero-order valence-electron chi connectivity index (χ0n) is 9.53. The second-order valence-corrected chi connectivity index (χ2v) is 4.43. The van der Waals surface area contributed by atoms with Crippen LogP contribution in [0.15, 0.2) is 10.5 Å². The number of ether oxygens (including phenoxy) is 1. The van der Waals surface area contributed by atoms with Crippen molar-refractivity contribution in [2.24, 2.45) is 5.73 Å². The predicted molar refractivity (Wildman–Crippen MR) is 66.5 cm³/mol. The number of phenolic OH excluding ortho intramolecular Hbond substituents is 1. The Morgan fingerprint density at radius 2 is 2.24 bits per heavy atom. The number of halogens is 1. The summed E-state index contributed by atoms with van der Waals surface area (Å²) in [6, 6.07) is 1.59. The molecule has 0 aliphatic heterocycles. The van der Waals surface area contributed by atoms with Gasteiger partial charge in [-0.2, -0.15) is 0 Å². The lowest BCUT2D eigenvalue weighted by atomic mass is 9.93. The van der Waals surface area contributed by atoms with E-state index in [0.717, 1.165) is 0 Å². The molecule has 1 aromatic rings. The Labute approximate surface area is 107 Å². The maximum Gasteiger partial charge on any atom is 0.312 e. The van der Waals surface area contributed by atoms with Crippen LogP contribution in [0.2, 0.25) is 0 Å². The average Bonchev–Trinajstić information content (AvgIpc) is 2.28. The van der Waals surface area contributed by atoms with Crippen LogP contribution >= 0.6 is 15.9 Å². The molecule has 0 bridgehead atoms. The first-order valence-electron chi connectivity index (χ1n) is 4.92. The molecule has 0 fully saturated rings. The van der Waals surface area contributed by atoms with Crippen LogP contribution in [0.1, 0.15) is 17.0 Å². The van der Waals surface area contributed by atoms with Gasteiger partial charge >= 0.3 is 5.97 Å². The summed E-state index contributed by atoms with van der Waals surface area (Å²) < 4.78 is 5.65. The Hall–Kier alpha value is -1.27. The topological polar surface area (TPSA) is 92.8 Å². The molecule has 0 aliphatic carbocycles. The number of rotatable bonds is 4. The monoisotopic (exact) mass is 303 g/mol. The highest BCUT2D eigenvalue weighted by molar-refractivity contribution is 9.10. The summed E-state index contributed by atoms with van der Waals surface area (Å²) in [5.74, 6) is -1.99. The number of carboxylic acid groups (broad SMARTS) is 1. The van der Waals surface area contributed by atoms with E-state index < -0.39 is 11.9 Å². The molecule has 0 aromatic heterocycles. The van der Waals surface area contributed by atoms with Crippen LogP contribution in [0.5, 0.6) is 11.5 Å². The van der Waals surface area contributed by atoms with E-state index in [9.17, 15) is 9.90 Å². The Kier molecular flexibility index (Phi) is 4.36. The molecule has 5 nitrogen and oxygen atoms in total. The van der Waals surface area contributed by atoms with Gasteiger partial charge in [0.15, 0.2) is 11.5 Å². The maximum absolute atomic E-state index is 11.1. The van der Waals surface area contributed by atoms with Crippen molar-refractivity contribution in [3.63, 3.8) is 0 Å². The molecule has 1 unspecified atom stereocenters. The Morgan fingerprint density at radius 3 is 2.65 bits per heavy atom. The van der Waals surface area contributed by atoms with Crippen LogP contribution in [0, 0.1) is 6.92 Å². The van der Waals surface area contributed by atoms with Crippen LogP contribution in [-0.2, 0) is 4.79 Å². The lowest BCUT2D eigenvalue weighted by Crippen LogP contribution is -2.22. The normalized spacial score (nSPS) is 12.2. The summed E-state index contributed by atoms with van der Waals surface area (Å²) in [6.07, 6.45) is 0. The molecule has 0 radical (unpaired) electrons. The number of methoxy groups -OCH3 is 1. The molecule has 0 saturated carbocycles. The van der Waals surface area contributed by atoms with Crippen molar-refractivity contribution in [3.8, 4) is 11.5 Å². The van der Waals surface area contributed by atoms with Gasteiger partial charge in [0, 0.05) is 16.6 Å².